The van der Waals surface area contributed by atoms with Gasteiger partial charge in [-0.3, -0.25) is 24.5 Å². The minimum Gasteiger partial charge on any atom is -0.304 e. The zero-order valence-electron chi connectivity index (χ0n) is 37.4. The van der Waals surface area contributed by atoms with Crippen molar-refractivity contribution < 1.29 is 0 Å². The van der Waals surface area contributed by atoms with Crippen LogP contribution in [-0.4, -0.2) is 143 Å². The second kappa shape index (κ2) is 22.2. The molecule has 0 atom stereocenters. The highest BCUT2D eigenvalue weighted by Gasteiger charge is 2.26. The molecule has 0 bridgehead atoms. The summed E-state index contributed by atoms with van der Waals surface area (Å²) in [6, 6.07) is 0. The first-order chi connectivity index (χ1) is 22.9. The molecular weight excluding hydrogens is 613 g/mol. The van der Waals surface area contributed by atoms with Crippen LogP contribution in [0.3, 0.4) is 0 Å². The smallest absolute Gasteiger partial charge is 0.0126 e. The van der Waals surface area contributed by atoms with E-state index in [2.05, 4.69) is 140 Å². The van der Waals surface area contributed by atoms with E-state index in [0.717, 1.165) is 0 Å². The van der Waals surface area contributed by atoms with Gasteiger partial charge in [0.15, 0.2) is 0 Å². The molecule has 6 heteroatoms. The molecule has 300 valence electrons. The van der Waals surface area contributed by atoms with Gasteiger partial charge in [-0.1, -0.05) is 19.3 Å². The Bertz CT molecular complexity index is 754. The van der Waals surface area contributed by atoms with Crippen LogP contribution in [0.1, 0.15) is 174 Å². The molecule has 6 nitrogen and oxygen atoms in total. The van der Waals surface area contributed by atoms with Gasteiger partial charge in [0.2, 0.25) is 0 Å². The molecule has 0 aromatic rings. The van der Waals surface area contributed by atoms with Gasteiger partial charge in [0.1, 0.15) is 0 Å². The molecule has 0 N–H and O–H groups in total. The number of likely N-dealkylation sites (N-methyl/N-ethyl adjacent to an activating group) is 1. The van der Waals surface area contributed by atoms with Crippen LogP contribution in [-0.2, 0) is 0 Å². The number of likely N-dealkylation sites (tertiary alicyclic amines) is 4. The van der Waals surface area contributed by atoms with Crippen molar-refractivity contribution in [2.24, 2.45) is 0 Å². The van der Waals surface area contributed by atoms with E-state index in [4.69, 9.17) is 0 Å². The van der Waals surface area contributed by atoms with Crippen LogP contribution in [0.15, 0.2) is 0 Å². The lowest BCUT2D eigenvalue weighted by atomic mass is 10.0. The molecule has 5 rings (SSSR count). The maximum atomic E-state index is 2.58. The van der Waals surface area contributed by atoms with Gasteiger partial charge in [0.25, 0.3) is 0 Å². The minimum absolute atomic E-state index is 0.362. The van der Waals surface area contributed by atoms with Crippen molar-refractivity contribution in [1.82, 2.24) is 29.4 Å². The van der Waals surface area contributed by atoms with Gasteiger partial charge in [-0.25, -0.2) is 0 Å². The van der Waals surface area contributed by atoms with Crippen LogP contribution >= 0.6 is 0 Å². The monoisotopic (exact) mass is 707 g/mol. The lowest BCUT2D eigenvalue weighted by Gasteiger charge is -2.41. The molecule has 5 heterocycles. The third-order valence-corrected chi connectivity index (χ3v) is 11.4. The number of piperidine rings is 3. The second-order valence-corrected chi connectivity index (χ2v) is 21.0. The van der Waals surface area contributed by atoms with Crippen molar-refractivity contribution >= 4 is 0 Å². The molecule has 0 spiro atoms. The first-order valence-electron chi connectivity index (χ1n) is 21.4. The molecule has 0 aromatic heterocycles. The van der Waals surface area contributed by atoms with Crippen LogP contribution in [0.25, 0.3) is 0 Å². The third-order valence-electron chi connectivity index (χ3n) is 11.4. The SMILES string of the molecule is CC(C)(C)N1CCCC1.CC(C)(C)N1CCCCC1.CC(C)(C)N1CCCCC1.CC(C)(C)N1CCCCC1.CN1CCN(C(C)(C)C)CC1. The molecular formula is C44H94N6. The molecule has 5 fully saturated rings. The van der Waals surface area contributed by atoms with E-state index in [0.29, 0.717) is 27.7 Å². The first-order valence-corrected chi connectivity index (χ1v) is 21.4. The molecule has 0 amide bonds. The lowest BCUT2D eigenvalue weighted by molar-refractivity contribution is 0.0735. The molecule has 5 saturated heterocycles. The van der Waals surface area contributed by atoms with Crippen molar-refractivity contribution in [2.75, 3.05) is 85.6 Å². The average molecular weight is 707 g/mol. The van der Waals surface area contributed by atoms with Crippen LogP contribution in [0.4, 0.5) is 0 Å². The van der Waals surface area contributed by atoms with Gasteiger partial charge in [-0.2, -0.15) is 0 Å². The Morgan fingerprint density at radius 1 is 0.220 bits per heavy atom. The van der Waals surface area contributed by atoms with Crippen molar-refractivity contribution in [2.45, 2.75) is 202 Å². The highest BCUT2D eigenvalue weighted by molar-refractivity contribution is 4.82. The zero-order valence-corrected chi connectivity index (χ0v) is 37.4. The number of rotatable bonds is 0. The topological polar surface area (TPSA) is 19.4 Å². The largest absolute Gasteiger partial charge is 0.304 e. The number of piperazine rings is 1. The van der Waals surface area contributed by atoms with Gasteiger partial charge < -0.3 is 4.90 Å². The number of hydrogen-bond donors (Lipinski definition) is 0. The summed E-state index contributed by atoms with van der Waals surface area (Å²) in [5, 5.41) is 0. The average Bonchev–Trinajstić information content (AvgIpc) is 3.59. The minimum atomic E-state index is 0.362. The van der Waals surface area contributed by atoms with E-state index in [9.17, 15) is 0 Å². The zero-order chi connectivity index (χ0) is 38.2. The molecule has 5 aliphatic rings. The second-order valence-electron chi connectivity index (χ2n) is 21.0. The summed E-state index contributed by atoms with van der Waals surface area (Å²) < 4.78 is 0. The molecule has 0 aliphatic carbocycles. The molecule has 0 radical (unpaired) electrons. The van der Waals surface area contributed by atoms with E-state index < -0.39 is 0 Å². The summed E-state index contributed by atoms with van der Waals surface area (Å²) in [7, 11) is 2.19. The van der Waals surface area contributed by atoms with Gasteiger partial charge in [0.05, 0.1) is 0 Å². The Labute approximate surface area is 316 Å². The van der Waals surface area contributed by atoms with Crippen LogP contribution < -0.4 is 0 Å². The molecule has 0 saturated carbocycles. The van der Waals surface area contributed by atoms with Crippen molar-refractivity contribution in [3.05, 3.63) is 0 Å². The fraction of sp³-hybridized carbons (Fsp3) is 1.00. The Balaban J connectivity index is 0.000000313. The van der Waals surface area contributed by atoms with Crippen molar-refractivity contribution in [1.29, 1.82) is 0 Å². The molecule has 0 aromatic carbocycles. The fourth-order valence-corrected chi connectivity index (χ4v) is 7.56. The normalized spacial score (nSPS) is 23.3. The summed E-state index contributed by atoms with van der Waals surface area (Å²) in [4.78, 5) is 15.2. The summed E-state index contributed by atoms with van der Waals surface area (Å²) in [5.74, 6) is 0. The summed E-state index contributed by atoms with van der Waals surface area (Å²) in [6.07, 6.45) is 15.5. The lowest BCUT2D eigenvalue weighted by Crippen LogP contribution is -2.52. The van der Waals surface area contributed by atoms with E-state index in [1.54, 1.807) is 0 Å². The van der Waals surface area contributed by atoms with E-state index in [-0.39, 0.29) is 0 Å². The summed E-state index contributed by atoms with van der Waals surface area (Å²) in [6.45, 7) is 49.8. The quantitative estimate of drug-likeness (QED) is 0.248. The Kier molecular flexibility index (Phi) is 21.2. The third kappa shape index (κ3) is 20.9. The van der Waals surface area contributed by atoms with E-state index in [1.807, 2.05) is 0 Å². The fourth-order valence-electron chi connectivity index (χ4n) is 7.56. The highest BCUT2D eigenvalue weighted by Crippen LogP contribution is 2.22. The predicted molar refractivity (Wildman–Crippen MR) is 225 cm³/mol. The van der Waals surface area contributed by atoms with Gasteiger partial charge in [-0.05, 0) is 215 Å². The maximum Gasteiger partial charge on any atom is 0.0126 e. The summed E-state index contributed by atoms with van der Waals surface area (Å²) in [5.41, 5.74) is 1.99. The summed E-state index contributed by atoms with van der Waals surface area (Å²) >= 11 is 0. The first kappa shape index (κ1) is 47.8. The van der Waals surface area contributed by atoms with Gasteiger partial charge in [-0.15, -0.1) is 0 Å². The maximum absolute atomic E-state index is 2.58. The van der Waals surface area contributed by atoms with Crippen LogP contribution in [0, 0.1) is 0 Å². The van der Waals surface area contributed by atoms with Crippen molar-refractivity contribution in [3.63, 3.8) is 0 Å². The van der Waals surface area contributed by atoms with E-state index in [1.165, 1.54) is 149 Å². The molecule has 50 heavy (non-hydrogen) atoms. The van der Waals surface area contributed by atoms with E-state index >= 15 is 0 Å². The Hall–Kier alpha value is -0.240. The Morgan fingerprint density at radius 3 is 0.540 bits per heavy atom. The van der Waals surface area contributed by atoms with Crippen LogP contribution in [0.5, 0.6) is 0 Å². The standard InChI is InChI=1S/C9H20N2.3C9H19N.C8H17N/c1-9(2,3)11-7-5-10(4)6-8-11;3*1-9(2,3)10-7-5-4-6-8-10;1-8(2,3)9-6-4-5-7-9/h5-8H2,1-4H3;3*4-8H2,1-3H3;4-7H2,1-3H3. The van der Waals surface area contributed by atoms with Crippen molar-refractivity contribution in [3.8, 4) is 0 Å². The number of hydrogen-bond acceptors (Lipinski definition) is 6. The number of nitrogens with zero attached hydrogens (tertiary/aromatic N) is 6. The van der Waals surface area contributed by atoms with Gasteiger partial charge in [0, 0.05) is 53.9 Å². The highest BCUT2D eigenvalue weighted by atomic mass is 15.3. The van der Waals surface area contributed by atoms with Gasteiger partial charge >= 0.3 is 0 Å². The molecule has 0 unspecified atom stereocenters. The van der Waals surface area contributed by atoms with Crippen LogP contribution in [0.2, 0.25) is 0 Å². The molecule has 5 aliphatic heterocycles. The predicted octanol–water partition coefficient (Wildman–Crippen LogP) is 9.73. The Morgan fingerprint density at radius 2 is 0.380 bits per heavy atom.